The predicted molar refractivity (Wildman–Crippen MR) is 122 cm³/mol. The smallest absolute Gasteiger partial charge is 0.300 e. The van der Waals surface area contributed by atoms with Crippen LogP contribution in [0.5, 0.6) is 5.75 Å². The summed E-state index contributed by atoms with van der Waals surface area (Å²) in [5, 5.41) is 22.4. The van der Waals surface area contributed by atoms with Gasteiger partial charge in [0, 0.05) is 28.9 Å². The second-order valence-corrected chi connectivity index (χ2v) is 7.50. The highest BCUT2D eigenvalue weighted by Crippen LogP contribution is 2.45. The molecule has 8 nitrogen and oxygen atoms in total. The maximum atomic E-state index is 13.2. The first-order valence-electron chi connectivity index (χ1n) is 10.1. The van der Waals surface area contributed by atoms with E-state index in [0.29, 0.717) is 17.0 Å². The molecule has 1 aliphatic heterocycles. The van der Waals surface area contributed by atoms with Crippen LogP contribution < -0.4 is 9.64 Å². The van der Waals surface area contributed by atoms with E-state index in [-0.39, 0.29) is 16.8 Å². The summed E-state index contributed by atoms with van der Waals surface area (Å²) in [5.74, 6) is -1.78. The van der Waals surface area contributed by atoms with Crippen LogP contribution in [-0.2, 0) is 9.59 Å². The standard InChI is InChI=1S/C25H20N2O6/c1-15-8-3-5-12-19(15)26-22(18-11-4-6-13-20(18)33-2)21(24(29)25(26)30)23(28)16-9-7-10-17(14-16)27(31)32/h3-14,22,28H,1-2H3/b23-21+. The third-order valence-electron chi connectivity index (χ3n) is 5.58. The molecule has 1 N–H and O–H groups in total. The Morgan fingerprint density at radius 2 is 1.73 bits per heavy atom. The minimum absolute atomic E-state index is 0.0619. The van der Waals surface area contributed by atoms with Gasteiger partial charge in [0.05, 0.1) is 23.6 Å². The number of nitrogens with zero attached hydrogens (tertiary/aromatic N) is 2. The van der Waals surface area contributed by atoms with Gasteiger partial charge < -0.3 is 9.84 Å². The van der Waals surface area contributed by atoms with Gasteiger partial charge in [-0.2, -0.15) is 0 Å². The van der Waals surface area contributed by atoms with E-state index in [1.54, 1.807) is 36.4 Å². The Morgan fingerprint density at radius 1 is 1.03 bits per heavy atom. The van der Waals surface area contributed by atoms with Crippen LogP contribution in [0.15, 0.2) is 78.4 Å². The SMILES string of the molecule is COc1ccccc1C1/C(=C(\O)c2cccc([N+](=O)[O-])c2)C(=O)C(=O)N1c1ccccc1C. The summed E-state index contributed by atoms with van der Waals surface area (Å²) < 4.78 is 5.48. The number of nitro benzene ring substituents is 1. The minimum atomic E-state index is -0.999. The molecule has 3 aromatic carbocycles. The zero-order valence-electron chi connectivity index (χ0n) is 17.9. The summed E-state index contributed by atoms with van der Waals surface area (Å²) in [4.78, 5) is 38.4. The van der Waals surface area contributed by atoms with Crippen LogP contribution in [-0.4, -0.2) is 28.8 Å². The molecule has 0 spiro atoms. The fraction of sp³-hybridized carbons (Fsp3) is 0.120. The number of aryl methyl sites for hydroxylation is 1. The lowest BCUT2D eigenvalue weighted by Crippen LogP contribution is -2.30. The first kappa shape index (κ1) is 21.8. The molecule has 8 heteroatoms. The van der Waals surface area contributed by atoms with Crippen molar-refractivity contribution in [2.24, 2.45) is 0 Å². The van der Waals surface area contributed by atoms with Crippen LogP contribution in [0, 0.1) is 17.0 Å². The number of anilines is 1. The van der Waals surface area contributed by atoms with Crippen molar-refractivity contribution < 1.29 is 24.4 Å². The normalized spacial score (nSPS) is 17.3. The van der Waals surface area contributed by atoms with Gasteiger partial charge >= 0.3 is 0 Å². The van der Waals surface area contributed by atoms with Gasteiger partial charge in [-0.3, -0.25) is 24.6 Å². The largest absolute Gasteiger partial charge is 0.507 e. The molecule has 1 atom stereocenters. The van der Waals surface area contributed by atoms with Gasteiger partial charge in [0.1, 0.15) is 11.5 Å². The van der Waals surface area contributed by atoms with Gasteiger partial charge in [-0.15, -0.1) is 0 Å². The number of Topliss-reactive ketones (excluding diaryl/α,β-unsaturated/α-hetero) is 1. The molecule has 166 valence electrons. The number of non-ortho nitro benzene ring substituents is 1. The third-order valence-corrected chi connectivity index (χ3v) is 5.58. The van der Waals surface area contributed by atoms with Crippen molar-refractivity contribution in [2.45, 2.75) is 13.0 Å². The van der Waals surface area contributed by atoms with E-state index in [4.69, 9.17) is 4.74 Å². The summed E-state index contributed by atoms with van der Waals surface area (Å²) >= 11 is 0. The van der Waals surface area contributed by atoms with E-state index in [2.05, 4.69) is 0 Å². The summed E-state index contributed by atoms with van der Waals surface area (Å²) in [6.45, 7) is 1.81. The lowest BCUT2D eigenvalue weighted by Gasteiger charge is -2.27. The first-order chi connectivity index (χ1) is 15.8. The summed E-state index contributed by atoms with van der Waals surface area (Å²) in [6.07, 6.45) is 0. The van der Waals surface area contributed by atoms with Crippen molar-refractivity contribution in [3.05, 3.63) is 105 Å². The van der Waals surface area contributed by atoms with Gasteiger partial charge in [0.15, 0.2) is 0 Å². The molecular weight excluding hydrogens is 424 g/mol. The number of para-hydroxylation sites is 2. The number of aliphatic hydroxyl groups excluding tert-OH is 1. The quantitative estimate of drug-likeness (QED) is 0.203. The number of nitro groups is 1. The van der Waals surface area contributed by atoms with Crippen molar-refractivity contribution in [3.63, 3.8) is 0 Å². The molecule has 0 saturated carbocycles. The van der Waals surface area contributed by atoms with Crippen molar-refractivity contribution in [3.8, 4) is 5.75 Å². The number of ketones is 1. The minimum Gasteiger partial charge on any atom is -0.507 e. The van der Waals surface area contributed by atoms with E-state index < -0.39 is 28.4 Å². The Morgan fingerprint density at radius 3 is 2.42 bits per heavy atom. The molecule has 0 aromatic heterocycles. The van der Waals surface area contributed by atoms with Crippen LogP contribution in [0.4, 0.5) is 11.4 Å². The number of carbonyl (C=O) groups excluding carboxylic acids is 2. The predicted octanol–water partition coefficient (Wildman–Crippen LogP) is 4.54. The molecule has 1 heterocycles. The Labute approximate surface area is 189 Å². The fourth-order valence-electron chi connectivity index (χ4n) is 4.02. The van der Waals surface area contributed by atoms with E-state index in [1.165, 1.54) is 30.2 Å². The molecule has 33 heavy (non-hydrogen) atoms. The van der Waals surface area contributed by atoms with Crippen LogP contribution in [0.25, 0.3) is 5.76 Å². The lowest BCUT2D eigenvalue weighted by atomic mass is 9.94. The topological polar surface area (TPSA) is 110 Å². The number of methoxy groups -OCH3 is 1. The van der Waals surface area contributed by atoms with Gasteiger partial charge in [0.2, 0.25) is 0 Å². The van der Waals surface area contributed by atoms with Crippen molar-refractivity contribution >= 4 is 28.8 Å². The van der Waals surface area contributed by atoms with Gasteiger partial charge in [-0.1, -0.05) is 48.5 Å². The molecule has 1 fully saturated rings. The van der Waals surface area contributed by atoms with Gasteiger partial charge in [-0.05, 0) is 24.6 Å². The number of amides is 1. The summed E-state index contributed by atoms with van der Waals surface area (Å²) in [5.41, 5.74) is 1.40. The molecule has 0 radical (unpaired) electrons. The number of rotatable bonds is 5. The van der Waals surface area contributed by atoms with Crippen molar-refractivity contribution in [1.29, 1.82) is 0 Å². The Balaban J connectivity index is 2.01. The van der Waals surface area contributed by atoms with E-state index >= 15 is 0 Å². The highest BCUT2D eigenvalue weighted by molar-refractivity contribution is 6.51. The maximum Gasteiger partial charge on any atom is 0.300 e. The maximum absolute atomic E-state index is 13.2. The highest BCUT2D eigenvalue weighted by atomic mass is 16.6. The number of hydrogen-bond donors (Lipinski definition) is 1. The van der Waals surface area contributed by atoms with E-state index in [0.717, 1.165) is 11.6 Å². The van der Waals surface area contributed by atoms with E-state index in [9.17, 15) is 24.8 Å². The molecule has 1 saturated heterocycles. The summed E-state index contributed by atoms with van der Waals surface area (Å²) in [6, 6.07) is 18.3. The molecule has 0 aliphatic carbocycles. The molecule has 3 aromatic rings. The number of ether oxygens (including phenoxy) is 1. The van der Waals surface area contributed by atoms with E-state index in [1.807, 2.05) is 19.1 Å². The van der Waals surface area contributed by atoms with Crippen LogP contribution in [0.1, 0.15) is 22.7 Å². The molecule has 1 unspecified atom stereocenters. The fourth-order valence-corrected chi connectivity index (χ4v) is 4.02. The molecule has 0 bridgehead atoms. The number of carbonyl (C=O) groups is 2. The number of benzene rings is 3. The molecule has 1 aliphatic rings. The van der Waals surface area contributed by atoms with Crippen molar-refractivity contribution in [1.82, 2.24) is 0 Å². The third kappa shape index (κ3) is 3.71. The van der Waals surface area contributed by atoms with Gasteiger partial charge in [-0.25, -0.2) is 0 Å². The Hall–Kier alpha value is -4.46. The second-order valence-electron chi connectivity index (χ2n) is 7.50. The average molecular weight is 444 g/mol. The lowest BCUT2D eigenvalue weighted by molar-refractivity contribution is -0.384. The van der Waals surface area contributed by atoms with Crippen LogP contribution in [0.3, 0.4) is 0 Å². The van der Waals surface area contributed by atoms with Crippen LogP contribution >= 0.6 is 0 Å². The number of hydrogen-bond acceptors (Lipinski definition) is 6. The van der Waals surface area contributed by atoms with Crippen molar-refractivity contribution in [2.75, 3.05) is 12.0 Å². The zero-order chi connectivity index (χ0) is 23.7. The average Bonchev–Trinajstić information content (AvgIpc) is 3.09. The Bertz CT molecular complexity index is 1310. The van der Waals surface area contributed by atoms with Crippen LogP contribution in [0.2, 0.25) is 0 Å². The highest BCUT2D eigenvalue weighted by Gasteiger charge is 2.48. The molecule has 4 rings (SSSR count). The second kappa shape index (κ2) is 8.58. The van der Waals surface area contributed by atoms with Gasteiger partial charge in [0.25, 0.3) is 17.4 Å². The first-order valence-corrected chi connectivity index (χ1v) is 10.1. The monoisotopic (exact) mass is 444 g/mol. The summed E-state index contributed by atoms with van der Waals surface area (Å²) in [7, 11) is 1.47. The molecular formula is C25H20N2O6. The molecule has 1 amide bonds. The zero-order valence-corrected chi connectivity index (χ0v) is 17.9. The number of aliphatic hydroxyl groups is 1. The Kier molecular flexibility index (Phi) is 5.66.